The van der Waals surface area contributed by atoms with Crippen molar-refractivity contribution in [3.8, 4) is 11.3 Å². The van der Waals surface area contributed by atoms with Crippen LogP contribution in [0.25, 0.3) is 22.2 Å². The van der Waals surface area contributed by atoms with Gasteiger partial charge in [-0.05, 0) is 87.0 Å². The smallest absolute Gasteiger partial charge is 0.0579 e. The lowest BCUT2D eigenvalue weighted by Crippen LogP contribution is -2.54. The molecule has 0 aliphatic carbocycles. The molecule has 0 bridgehead atoms. The fraction of sp³-hybridized carbons (Fsp3) is 0.536. The number of hydrogen-bond donors (Lipinski definition) is 2. The zero-order valence-corrected chi connectivity index (χ0v) is 20.4. The number of aliphatic hydroxyl groups is 1. The molecule has 2 N–H and O–H groups in total. The molecule has 4 heterocycles. The van der Waals surface area contributed by atoms with Gasteiger partial charge in [0, 0.05) is 34.4 Å². The number of likely N-dealkylation sites (tertiary alicyclic amines) is 1. The van der Waals surface area contributed by atoms with Gasteiger partial charge in [0.15, 0.2) is 0 Å². The molecule has 0 atom stereocenters. The second kappa shape index (κ2) is 8.86. The molecule has 2 aliphatic rings. The average Bonchev–Trinajstić information content (AvgIpc) is 3.15. The fourth-order valence-electron chi connectivity index (χ4n) is 5.81. The number of aliphatic hydroxyl groups excluding tert-OH is 1. The van der Waals surface area contributed by atoms with Gasteiger partial charge in [0.1, 0.15) is 0 Å². The number of piperidine rings is 1. The van der Waals surface area contributed by atoms with Crippen LogP contribution in [0.5, 0.6) is 0 Å². The van der Waals surface area contributed by atoms with Crippen LogP contribution in [-0.2, 0) is 4.74 Å². The average molecular weight is 448 g/mol. The minimum absolute atomic E-state index is 0.0247. The van der Waals surface area contributed by atoms with Gasteiger partial charge in [0.25, 0.3) is 0 Å². The number of ether oxygens (including phenoxy) is 1. The van der Waals surface area contributed by atoms with E-state index in [9.17, 15) is 5.11 Å². The third-order valence-corrected chi connectivity index (χ3v) is 7.58. The van der Waals surface area contributed by atoms with E-state index in [1.165, 1.54) is 46.1 Å². The van der Waals surface area contributed by atoms with Crippen LogP contribution in [0.15, 0.2) is 30.3 Å². The van der Waals surface area contributed by atoms with Gasteiger partial charge in [-0.3, -0.25) is 4.98 Å². The first-order valence-corrected chi connectivity index (χ1v) is 12.4. The van der Waals surface area contributed by atoms with Gasteiger partial charge in [0.2, 0.25) is 0 Å². The SMILES string of the molecule is Cc1cc(-c2[nH]c3ccc(C4CCN(CC5(CO)COC5)CC4)cc3c2C(C)C)cc(C)n1. The van der Waals surface area contributed by atoms with E-state index >= 15 is 0 Å². The maximum Gasteiger partial charge on any atom is 0.0579 e. The molecule has 0 saturated carbocycles. The minimum atomic E-state index is -0.0247. The Morgan fingerprint density at radius 1 is 1.12 bits per heavy atom. The molecule has 0 amide bonds. The second-order valence-electron chi connectivity index (χ2n) is 10.7. The number of pyridine rings is 1. The molecular weight excluding hydrogens is 410 g/mol. The summed E-state index contributed by atoms with van der Waals surface area (Å²) in [5.74, 6) is 1.02. The third kappa shape index (κ3) is 4.34. The number of hydrogen-bond acceptors (Lipinski definition) is 4. The van der Waals surface area contributed by atoms with Crippen LogP contribution in [-0.4, -0.2) is 59.4 Å². The predicted molar refractivity (Wildman–Crippen MR) is 134 cm³/mol. The molecular formula is C28H37N3O2. The van der Waals surface area contributed by atoms with E-state index in [2.05, 4.69) is 72.9 Å². The number of nitrogens with zero attached hydrogens (tertiary/aromatic N) is 2. The molecule has 0 unspecified atom stereocenters. The quantitative estimate of drug-likeness (QED) is 0.548. The Kier molecular flexibility index (Phi) is 6.06. The number of aromatic amines is 1. The lowest BCUT2D eigenvalue weighted by Gasteiger charge is -2.45. The summed E-state index contributed by atoms with van der Waals surface area (Å²) < 4.78 is 5.39. The van der Waals surface area contributed by atoms with E-state index < -0.39 is 0 Å². The molecule has 2 saturated heterocycles. The number of aryl methyl sites for hydroxylation is 2. The molecule has 5 nitrogen and oxygen atoms in total. The Morgan fingerprint density at radius 3 is 2.39 bits per heavy atom. The standard InChI is InChI=1S/C28H37N3O2/c1-18(2)26-24-13-22(21-7-9-31(10-8-21)14-28(15-32)16-33-17-28)5-6-25(24)30-27(26)23-11-19(3)29-20(4)12-23/h5-6,11-13,18,21,30,32H,7-10,14-17H2,1-4H3. The maximum atomic E-state index is 9.77. The fourth-order valence-corrected chi connectivity index (χ4v) is 5.81. The van der Waals surface area contributed by atoms with Gasteiger partial charge in [-0.25, -0.2) is 0 Å². The lowest BCUT2D eigenvalue weighted by molar-refractivity contribution is -0.149. The molecule has 33 heavy (non-hydrogen) atoms. The van der Waals surface area contributed by atoms with E-state index in [0.717, 1.165) is 31.0 Å². The minimum Gasteiger partial charge on any atom is -0.396 e. The van der Waals surface area contributed by atoms with E-state index in [0.29, 0.717) is 25.0 Å². The van der Waals surface area contributed by atoms with Gasteiger partial charge in [-0.2, -0.15) is 0 Å². The summed E-state index contributed by atoms with van der Waals surface area (Å²) in [5, 5.41) is 11.1. The van der Waals surface area contributed by atoms with Crippen LogP contribution in [0.1, 0.15) is 61.0 Å². The molecule has 1 aromatic carbocycles. The maximum absolute atomic E-state index is 9.77. The van der Waals surface area contributed by atoms with E-state index in [1.807, 2.05) is 0 Å². The van der Waals surface area contributed by atoms with Gasteiger partial charge in [-0.1, -0.05) is 19.9 Å². The van der Waals surface area contributed by atoms with Gasteiger partial charge in [-0.15, -0.1) is 0 Å². The highest BCUT2D eigenvalue weighted by Gasteiger charge is 2.40. The summed E-state index contributed by atoms with van der Waals surface area (Å²) in [6, 6.07) is 11.4. The van der Waals surface area contributed by atoms with E-state index in [4.69, 9.17) is 4.74 Å². The number of fused-ring (bicyclic) bond motifs is 1. The summed E-state index contributed by atoms with van der Waals surface area (Å²) in [7, 11) is 0. The van der Waals surface area contributed by atoms with E-state index in [1.54, 1.807) is 0 Å². The summed E-state index contributed by atoms with van der Waals surface area (Å²) in [6.07, 6.45) is 2.34. The molecule has 176 valence electrons. The Bertz CT molecular complexity index is 1110. The number of nitrogens with one attached hydrogen (secondary N) is 1. The molecule has 0 radical (unpaired) electrons. The number of rotatable bonds is 6. The molecule has 2 aliphatic heterocycles. The van der Waals surface area contributed by atoms with Crippen LogP contribution in [0, 0.1) is 19.3 Å². The largest absolute Gasteiger partial charge is 0.396 e. The van der Waals surface area contributed by atoms with Crippen molar-refractivity contribution in [2.24, 2.45) is 5.41 Å². The van der Waals surface area contributed by atoms with Gasteiger partial charge >= 0.3 is 0 Å². The first-order valence-electron chi connectivity index (χ1n) is 12.4. The molecule has 5 rings (SSSR count). The van der Waals surface area contributed by atoms with Crippen molar-refractivity contribution in [1.29, 1.82) is 0 Å². The molecule has 0 spiro atoms. The highest BCUT2D eigenvalue weighted by Crippen LogP contribution is 2.39. The summed E-state index contributed by atoms with van der Waals surface area (Å²) in [5.41, 5.74) is 8.64. The molecule has 2 fully saturated rings. The Morgan fingerprint density at radius 2 is 1.82 bits per heavy atom. The van der Waals surface area contributed by atoms with Crippen molar-refractivity contribution in [3.05, 3.63) is 52.8 Å². The second-order valence-corrected chi connectivity index (χ2v) is 10.7. The van der Waals surface area contributed by atoms with Gasteiger partial charge in [0.05, 0.1) is 30.9 Å². The van der Waals surface area contributed by atoms with Crippen LogP contribution in [0.2, 0.25) is 0 Å². The van der Waals surface area contributed by atoms with Crippen molar-refractivity contribution in [3.63, 3.8) is 0 Å². The van der Waals surface area contributed by atoms with E-state index in [-0.39, 0.29) is 12.0 Å². The Hall–Kier alpha value is -2.21. The third-order valence-electron chi connectivity index (χ3n) is 7.58. The van der Waals surface area contributed by atoms with Crippen molar-refractivity contribution < 1.29 is 9.84 Å². The summed E-state index contributed by atoms with van der Waals surface area (Å²) >= 11 is 0. The highest BCUT2D eigenvalue weighted by atomic mass is 16.5. The zero-order chi connectivity index (χ0) is 23.2. The Labute approximate surface area is 197 Å². The van der Waals surface area contributed by atoms with Crippen molar-refractivity contribution in [2.45, 2.75) is 52.4 Å². The normalized spacial score (nSPS) is 19.3. The van der Waals surface area contributed by atoms with Gasteiger partial charge < -0.3 is 19.7 Å². The highest BCUT2D eigenvalue weighted by molar-refractivity contribution is 5.92. The zero-order valence-electron chi connectivity index (χ0n) is 20.4. The molecule has 2 aromatic heterocycles. The molecule has 5 heteroatoms. The monoisotopic (exact) mass is 447 g/mol. The number of H-pyrrole nitrogens is 1. The Balaban J connectivity index is 1.40. The lowest BCUT2D eigenvalue weighted by atomic mass is 9.83. The van der Waals surface area contributed by atoms with Crippen molar-refractivity contribution in [2.75, 3.05) is 39.5 Å². The van der Waals surface area contributed by atoms with Crippen molar-refractivity contribution in [1.82, 2.24) is 14.9 Å². The predicted octanol–water partition coefficient (Wildman–Crippen LogP) is 5.16. The van der Waals surface area contributed by atoms with Crippen LogP contribution in [0.3, 0.4) is 0 Å². The number of benzene rings is 1. The van der Waals surface area contributed by atoms with Crippen LogP contribution >= 0.6 is 0 Å². The molecule has 3 aromatic rings. The van der Waals surface area contributed by atoms with Crippen molar-refractivity contribution >= 4 is 10.9 Å². The first kappa shape index (κ1) is 22.6. The topological polar surface area (TPSA) is 61.4 Å². The van der Waals surface area contributed by atoms with Crippen LogP contribution in [0.4, 0.5) is 0 Å². The van der Waals surface area contributed by atoms with Crippen LogP contribution < -0.4 is 0 Å². The first-order chi connectivity index (χ1) is 15.9. The summed E-state index contributed by atoms with van der Waals surface area (Å²) in [6.45, 7) is 13.5. The summed E-state index contributed by atoms with van der Waals surface area (Å²) in [4.78, 5) is 10.8. The number of aromatic nitrogens is 2.